The maximum absolute atomic E-state index is 2.46. The Morgan fingerprint density at radius 1 is 0.138 bits per heavy atom. The molecule has 0 heteroatoms. The van der Waals surface area contributed by atoms with Crippen molar-refractivity contribution in [3.8, 4) is 22.3 Å². The Bertz CT molecular complexity index is 5600. The largest absolute Gasteiger partial charge is 0.0622 e. The van der Waals surface area contributed by atoms with Crippen LogP contribution in [0.1, 0.15) is 370 Å². The first-order chi connectivity index (χ1) is 64.6. The summed E-state index contributed by atoms with van der Waals surface area (Å²) in [7, 11) is 0. The number of hydrogen-bond acceptors (Lipinski definition) is 0. The van der Waals surface area contributed by atoms with Gasteiger partial charge in [0.15, 0.2) is 0 Å². The topological polar surface area (TPSA) is 0 Å². The van der Waals surface area contributed by atoms with Crippen molar-refractivity contribution in [2.24, 2.45) is 71.0 Å². The summed E-state index contributed by atoms with van der Waals surface area (Å²) >= 11 is 0. The van der Waals surface area contributed by atoms with E-state index in [1.54, 1.807) is 22.3 Å². The van der Waals surface area contributed by atoms with Crippen molar-refractivity contribution in [1.82, 2.24) is 0 Å². The third-order valence-corrected chi connectivity index (χ3v) is 39.3. The van der Waals surface area contributed by atoms with Gasteiger partial charge in [-0.05, 0) is 637 Å². The maximum atomic E-state index is 2.46. The van der Waals surface area contributed by atoms with Crippen LogP contribution in [0.5, 0.6) is 0 Å². The highest BCUT2D eigenvalue weighted by Crippen LogP contribution is 2.51. The van der Waals surface area contributed by atoms with E-state index in [-0.39, 0.29) is 0 Å². The molecule has 16 rings (SSSR count). The van der Waals surface area contributed by atoms with Gasteiger partial charge in [0, 0.05) is 0 Å². The van der Waals surface area contributed by atoms with Crippen LogP contribution in [0.4, 0.5) is 0 Å². The second-order valence-electron chi connectivity index (χ2n) is 46.2. The quantitative estimate of drug-likeness (QED) is 0.156. The summed E-state index contributed by atoms with van der Waals surface area (Å²) in [6.45, 7) is 105. The maximum Gasteiger partial charge on any atom is -0.0120 e. The predicted octanol–water partition coefficient (Wildman–Crippen LogP) is 40.8. The number of aryl methyl sites for hydroxylation is 16. The summed E-state index contributed by atoms with van der Waals surface area (Å²) in [6.07, 6.45) is 11.0. The van der Waals surface area contributed by atoms with Crippen molar-refractivity contribution in [3.63, 3.8) is 0 Å². The molecule has 0 radical (unpaired) electrons. The van der Waals surface area contributed by atoms with Crippen LogP contribution < -0.4 is 0 Å². The van der Waals surface area contributed by atoms with Crippen LogP contribution >= 0.6 is 0 Å². The molecule has 0 saturated heterocycles. The lowest BCUT2D eigenvalue weighted by molar-refractivity contribution is 0.168. The summed E-state index contributed by atoms with van der Waals surface area (Å²) < 4.78 is 0. The molecule has 0 aromatic heterocycles. The van der Waals surface area contributed by atoms with Gasteiger partial charge in [-0.15, -0.1) is 0 Å². The molecule has 0 spiro atoms. The number of hydrogen-bond donors (Lipinski definition) is 0. The van der Waals surface area contributed by atoms with Crippen molar-refractivity contribution >= 4 is 21.5 Å². The van der Waals surface area contributed by atoms with E-state index in [0.29, 0.717) is 0 Å². The summed E-state index contributed by atoms with van der Waals surface area (Å²) in [6, 6.07) is 50.2. The Balaban J connectivity index is 0.000000177. The van der Waals surface area contributed by atoms with E-state index in [0.717, 1.165) is 94.7 Å². The van der Waals surface area contributed by atoms with E-state index >= 15 is 0 Å². The molecule has 16 unspecified atom stereocenters. The lowest BCUT2D eigenvalue weighted by Crippen LogP contribution is -2.29. The molecule has 0 N–H and O–H groups in total. The van der Waals surface area contributed by atoms with E-state index in [1.807, 2.05) is 0 Å². The zero-order valence-corrected chi connectivity index (χ0v) is 96.6. The highest BCUT2D eigenvalue weighted by molar-refractivity contribution is 5.92. The van der Waals surface area contributed by atoms with Crippen LogP contribution in [0.25, 0.3) is 43.8 Å². The monoisotopic (exact) mass is 1850 g/mol. The van der Waals surface area contributed by atoms with Crippen LogP contribution in [0, 0.1) is 306 Å². The average molecular weight is 1850 g/mol. The number of benzene rings is 12. The first-order valence-corrected chi connectivity index (χ1v) is 54.1. The van der Waals surface area contributed by atoms with Gasteiger partial charge >= 0.3 is 0 Å². The van der Waals surface area contributed by atoms with Crippen molar-refractivity contribution in [1.29, 1.82) is 0 Å². The third-order valence-electron chi connectivity index (χ3n) is 39.3. The van der Waals surface area contributed by atoms with Gasteiger partial charge < -0.3 is 0 Å². The van der Waals surface area contributed by atoms with Crippen LogP contribution in [-0.2, 0) is 0 Å². The van der Waals surface area contributed by atoms with E-state index in [2.05, 4.69) is 452 Å². The molecule has 4 fully saturated rings. The Morgan fingerprint density at radius 2 is 0.297 bits per heavy atom. The van der Waals surface area contributed by atoms with Crippen molar-refractivity contribution < 1.29 is 0 Å². The van der Waals surface area contributed by atoms with Crippen LogP contribution in [0.2, 0.25) is 0 Å². The SMILES string of the molecule is Cc1cc2ccc(C)c(C)c2c(C)c1C.Cc1cc2ccc(C)c(C)c2c(C)c1C.Cc1ccc(-c2ccc(C)c(C)c2C)c(C)c1C.Cc1ccc(-c2ccc(C)c(C)c2C)c(C)c1C.Cc1ccc(C2CCC(C)C(C)C2C)c(C)c1C.Cc1ccc(C2CCC(C)C(C)C2C)c(C)c1C.Cc1ccc(C2CCC(C)C(C)C2C)c(C)c1C.Cc1ccc(C2CCC(C)C(C)C2C)c(C)c1C. The molecule has 12 aromatic rings. The number of rotatable bonds is 6. The van der Waals surface area contributed by atoms with Crippen LogP contribution in [0.3, 0.4) is 0 Å². The molecule has 0 amide bonds. The van der Waals surface area contributed by atoms with Gasteiger partial charge in [-0.2, -0.15) is 0 Å². The smallest absolute Gasteiger partial charge is 0.0120 e. The summed E-state index contributed by atoms with van der Waals surface area (Å²) in [5, 5.41) is 5.63. The second kappa shape index (κ2) is 48.3. The van der Waals surface area contributed by atoms with Crippen LogP contribution in [-0.4, -0.2) is 0 Å². The molecule has 0 aliphatic heterocycles. The normalized spacial score (nSPS) is 22.2. The fourth-order valence-corrected chi connectivity index (χ4v) is 24.2. The zero-order valence-electron chi connectivity index (χ0n) is 96.6. The van der Waals surface area contributed by atoms with E-state index < -0.39 is 0 Å². The van der Waals surface area contributed by atoms with Gasteiger partial charge in [0.1, 0.15) is 0 Å². The molecule has 12 aromatic carbocycles. The Hall–Kier alpha value is -8.84. The predicted molar refractivity (Wildman–Crippen MR) is 616 cm³/mol. The highest BCUT2D eigenvalue weighted by Gasteiger charge is 2.38. The number of fused-ring (bicyclic) bond motifs is 2. The minimum absolute atomic E-state index is 0.774. The minimum Gasteiger partial charge on any atom is -0.0622 e. The summed E-state index contributed by atoms with van der Waals surface area (Å²) in [5.41, 5.74) is 60.7. The molecule has 4 saturated carbocycles. The van der Waals surface area contributed by atoms with Gasteiger partial charge in [0.25, 0.3) is 0 Å². The zero-order chi connectivity index (χ0) is 103. The van der Waals surface area contributed by atoms with Crippen molar-refractivity contribution in [2.75, 3.05) is 0 Å². The second-order valence-corrected chi connectivity index (χ2v) is 46.2. The molecule has 4 aliphatic carbocycles. The third kappa shape index (κ3) is 24.9. The molecular weight excluding hydrogens is 1660 g/mol. The summed E-state index contributed by atoms with van der Waals surface area (Å²) in [5.74, 6) is 13.3. The molecule has 0 heterocycles. The first-order valence-electron chi connectivity index (χ1n) is 54.1. The minimum atomic E-state index is 0.774. The van der Waals surface area contributed by atoms with Gasteiger partial charge in [-0.25, -0.2) is 0 Å². The molecule has 0 bridgehead atoms. The molecule has 138 heavy (non-hydrogen) atoms. The fraction of sp³-hybridized carbons (Fsp3) is 0.507. The Labute approximate surface area is 847 Å². The van der Waals surface area contributed by atoms with Gasteiger partial charge in [0.2, 0.25) is 0 Å². The molecule has 0 nitrogen and oxygen atoms in total. The van der Waals surface area contributed by atoms with Gasteiger partial charge in [0.05, 0.1) is 0 Å². The van der Waals surface area contributed by atoms with E-state index in [4.69, 9.17) is 0 Å². The van der Waals surface area contributed by atoms with Gasteiger partial charge in [-0.3, -0.25) is 0 Å². The van der Waals surface area contributed by atoms with Gasteiger partial charge in [-0.1, -0.05) is 217 Å². The lowest BCUT2D eigenvalue weighted by Gasteiger charge is -2.39. The van der Waals surface area contributed by atoms with E-state index in [1.165, 1.54) is 284 Å². The summed E-state index contributed by atoms with van der Waals surface area (Å²) in [4.78, 5) is 0. The average Bonchev–Trinajstić information content (AvgIpc) is 0.768. The fourth-order valence-electron chi connectivity index (χ4n) is 24.2. The first kappa shape index (κ1) is 113. The Morgan fingerprint density at radius 3 is 0.493 bits per heavy atom. The van der Waals surface area contributed by atoms with E-state index in [9.17, 15) is 0 Å². The lowest BCUT2D eigenvalue weighted by atomic mass is 9.66. The molecule has 744 valence electrons. The molecular formula is C138H192. The standard InChI is InChI=1S/4C18H28.2C18H22.2C15H18/c6*1-11-7-9-17(15(5)13(11)3)18-10-8-12(2)14(4)16(18)6;2*1-9-6-7-14-8-10(2)11(3)13(5)15(14)12(9)4/h4*7,9,12,14,16,18H,8,10H2,1-6H3;2*7-10H,1-6H3;2*6-8H,1-5H3. The Kier molecular flexibility index (Phi) is 39.5. The molecule has 16 atom stereocenters. The van der Waals surface area contributed by atoms with Crippen molar-refractivity contribution in [3.05, 3.63) is 345 Å². The highest BCUT2D eigenvalue weighted by atomic mass is 14.4. The molecule has 4 aliphatic rings. The van der Waals surface area contributed by atoms with Crippen molar-refractivity contribution in [2.45, 2.75) is 394 Å². The van der Waals surface area contributed by atoms with Crippen LogP contribution in [0.15, 0.2) is 133 Å².